The second-order valence-corrected chi connectivity index (χ2v) is 21.3. The molecule has 6 heteroatoms. The second-order valence-electron chi connectivity index (χ2n) is 21.3. The van der Waals surface area contributed by atoms with Gasteiger partial charge in [0.15, 0.2) is 0 Å². The molecule has 1 atom stereocenters. The van der Waals surface area contributed by atoms with Gasteiger partial charge in [-0.3, -0.25) is 4.57 Å². The minimum absolute atomic E-state index is 0.0704. The van der Waals surface area contributed by atoms with Crippen molar-refractivity contribution in [1.82, 2.24) is 9.55 Å². The fourth-order valence-corrected chi connectivity index (χ4v) is 12.3. The summed E-state index contributed by atoms with van der Waals surface area (Å²) in [5, 5.41) is 2.24. The number of fused-ring (bicyclic) bond motifs is 7. The van der Waals surface area contributed by atoms with Crippen molar-refractivity contribution < 1.29 is 9.13 Å². The molecule has 5 nitrogen and oxygen atoms in total. The van der Waals surface area contributed by atoms with Crippen molar-refractivity contribution in [2.24, 2.45) is 0 Å². The van der Waals surface area contributed by atoms with Crippen LogP contribution in [0.3, 0.4) is 0 Å². The summed E-state index contributed by atoms with van der Waals surface area (Å²) in [5.41, 5.74) is 17.0. The van der Waals surface area contributed by atoms with E-state index in [0.717, 1.165) is 106 Å². The molecule has 0 saturated carbocycles. The number of ether oxygens (including phenoxy) is 1. The van der Waals surface area contributed by atoms with Crippen LogP contribution >= 0.6 is 0 Å². The maximum Gasteiger partial charge on any atom is 0.137 e. The number of aromatic nitrogens is 2. The molecule has 14 rings (SSSR count). The Labute approximate surface area is 448 Å². The van der Waals surface area contributed by atoms with E-state index in [4.69, 9.17) is 9.72 Å². The molecule has 2 aliphatic rings. The third-order valence-corrected chi connectivity index (χ3v) is 15.8. The topological polar surface area (TPSA) is 33.5 Å². The zero-order chi connectivity index (χ0) is 51.8. The van der Waals surface area contributed by atoms with Gasteiger partial charge in [-0.05, 0) is 122 Å². The minimum Gasteiger partial charge on any atom is -0.457 e. The number of benzene rings is 10. The number of para-hydroxylation sites is 4. The molecule has 0 amide bonds. The monoisotopic (exact) mass is 996 g/mol. The van der Waals surface area contributed by atoms with Crippen LogP contribution in [-0.2, 0) is 10.8 Å². The highest BCUT2D eigenvalue weighted by Gasteiger charge is 2.47. The molecule has 0 N–H and O–H groups in total. The first kappa shape index (κ1) is 46.0. The van der Waals surface area contributed by atoms with Gasteiger partial charge in [0.2, 0.25) is 0 Å². The van der Waals surface area contributed by atoms with Gasteiger partial charge in [-0.15, -0.1) is 0 Å². The fraction of sp³-hybridized carbons (Fsp3) is 0.0845. The van der Waals surface area contributed by atoms with Gasteiger partial charge in [0, 0.05) is 45.9 Å². The van der Waals surface area contributed by atoms with Gasteiger partial charge in [0.1, 0.15) is 29.8 Å². The summed E-state index contributed by atoms with van der Waals surface area (Å²) in [6.45, 7) is 7.20. The van der Waals surface area contributed by atoms with E-state index in [1.165, 1.54) is 5.56 Å². The van der Waals surface area contributed by atoms with Gasteiger partial charge in [0.25, 0.3) is 0 Å². The van der Waals surface area contributed by atoms with E-state index in [0.29, 0.717) is 18.2 Å². The minimum atomic E-state index is -0.928. The van der Waals surface area contributed by atoms with Crippen LogP contribution in [0.5, 0.6) is 11.5 Å². The first-order valence-corrected chi connectivity index (χ1v) is 26.4. The summed E-state index contributed by atoms with van der Waals surface area (Å²) < 4.78 is 25.7. The first-order valence-electron chi connectivity index (χ1n) is 26.4. The smallest absolute Gasteiger partial charge is 0.137 e. The summed E-state index contributed by atoms with van der Waals surface area (Å²) in [5.74, 6) is 1.89. The Balaban J connectivity index is 0.998. The summed E-state index contributed by atoms with van der Waals surface area (Å²) in [7, 11) is 0. The van der Waals surface area contributed by atoms with E-state index in [1.807, 2.05) is 18.3 Å². The largest absolute Gasteiger partial charge is 0.457 e. The lowest BCUT2D eigenvalue weighted by molar-refractivity contribution is 0.482. The summed E-state index contributed by atoms with van der Waals surface area (Å²) in [6, 6.07) is 87.0. The fourth-order valence-electron chi connectivity index (χ4n) is 12.3. The molecule has 0 radical (unpaired) electrons. The SMILES string of the molecule is CC(C)(C)c1ccnc(-n2c3ccccc3c3ccc(Oc4cc(N5CN(c6c(-c7ccccc7)cccc6-c6ccccc6)c6ccccc65)cc(C5(c6ccccc6)c6ccccc6-c6ccc(F)cc65)c4)cc32)c1. The number of rotatable bonds is 9. The number of halogens is 1. The highest BCUT2D eigenvalue weighted by molar-refractivity contribution is 6.09. The van der Waals surface area contributed by atoms with Crippen molar-refractivity contribution in [1.29, 1.82) is 0 Å². The molecule has 370 valence electrons. The molecule has 0 saturated heterocycles. The lowest BCUT2D eigenvalue weighted by Crippen LogP contribution is -2.30. The van der Waals surface area contributed by atoms with Gasteiger partial charge in [0.05, 0.1) is 33.5 Å². The summed E-state index contributed by atoms with van der Waals surface area (Å²) in [6.07, 6.45) is 1.91. The maximum absolute atomic E-state index is 16.1. The van der Waals surface area contributed by atoms with E-state index in [2.05, 4.69) is 260 Å². The number of hydrogen-bond donors (Lipinski definition) is 0. The number of hydrogen-bond acceptors (Lipinski definition) is 4. The highest BCUT2D eigenvalue weighted by atomic mass is 19.1. The van der Waals surface area contributed by atoms with Crippen LogP contribution in [0.15, 0.2) is 255 Å². The van der Waals surface area contributed by atoms with Crippen LogP contribution in [-0.4, -0.2) is 16.2 Å². The number of anilines is 4. The van der Waals surface area contributed by atoms with Gasteiger partial charge in [-0.2, -0.15) is 0 Å². The van der Waals surface area contributed by atoms with Gasteiger partial charge >= 0.3 is 0 Å². The van der Waals surface area contributed by atoms with Crippen molar-refractivity contribution in [3.8, 4) is 50.7 Å². The van der Waals surface area contributed by atoms with E-state index < -0.39 is 5.41 Å². The Morgan fingerprint density at radius 3 is 1.83 bits per heavy atom. The average Bonchev–Trinajstić information content (AvgIpc) is 4.31. The van der Waals surface area contributed by atoms with Gasteiger partial charge in [-0.1, -0.05) is 191 Å². The lowest BCUT2D eigenvalue weighted by Gasteiger charge is -2.35. The zero-order valence-corrected chi connectivity index (χ0v) is 43.0. The molecule has 1 aliphatic heterocycles. The Morgan fingerprint density at radius 1 is 0.468 bits per heavy atom. The summed E-state index contributed by atoms with van der Waals surface area (Å²) >= 11 is 0. The third kappa shape index (κ3) is 7.54. The number of nitrogens with zero attached hydrogens (tertiary/aromatic N) is 4. The molecule has 1 unspecified atom stereocenters. The standard InChI is InChI=1S/C71H53FN4O/c1-70(2,3)50-38-39-73-68(42-50)76-64-31-16-14-27-60(64)61-37-35-54(45-67(61)76)77-55-41-51(71(49-24-11-6-12-25-49)62-30-15-13-26-58(62)59-36-34-52(72)43-63(59)71)40-53(44-55)74-46-75(66-33-18-17-32-65(66)74)69-56(47-20-7-4-8-21-47)28-19-29-57(69)48-22-9-5-10-23-48/h4-45H,46H2,1-3H3. The molecule has 12 aromatic rings. The van der Waals surface area contributed by atoms with Crippen molar-refractivity contribution in [3.63, 3.8) is 0 Å². The quantitative estimate of drug-likeness (QED) is 0.144. The predicted molar refractivity (Wildman–Crippen MR) is 314 cm³/mol. The van der Waals surface area contributed by atoms with Crippen molar-refractivity contribution in [3.05, 3.63) is 289 Å². The van der Waals surface area contributed by atoms with Crippen LogP contribution in [0.4, 0.5) is 27.1 Å². The zero-order valence-electron chi connectivity index (χ0n) is 43.0. The van der Waals surface area contributed by atoms with Crippen molar-refractivity contribution >= 4 is 44.6 Å². The predicted octanol–water partition coefficient (Wildman–Crippen LogP) is 18.4. The van der Waals surface area contributed by atoms with E-state index in [-0.39, 0.29) is 11.2 Å². The molecule has 2 aromatic heterocycles. The van der Waals surface area contributed by atoms with E-state index in [9.17, 15) is 0 Å². The maximum atomic E-state index is 16.1. The van der Waals surface area contributed by atoms with Crippen molar-refractivity contribution in [2.75, 3.05) is 16.5 Å². The van der Waals surface area contributed by atoms with Crippen LogP contribution in [0.2, 0.25) is 0 Å². The summed E-state index contributed by atoms with van der Waals surface area (Å²) in [4.78, 5) is 9.85. The van der Waals surface area contributed by atoms with Crippen molar-refractivity contribution in [2.45, 2.75) is 31.6 Å². The van der Waals surface area contributed by atoms with E-state index in [1.54, 1.807) is 12.1 Å². The number of pyridine rings is 1. The molecule has 77 heavy (non-hydrogen) atoms. The first-order chi connectivity index (χ1) is 37.7. The lowest BCUT2D eigenvalue weighted by atomic mass is 9.67. The highest BCUT2D eigenvalue weighted by Crippen LogP contribution is 2.58. The molecule has 0 fully saturated rings. The second kappa shape index (κ2) is 18.1. The van der Waals surface area contributed by atoms with Crippen LogP contribution in [0.25, 0.3) is 61.0 Å². The van der Waals surface area contributed by atoms with Gasteiger partial charge < -0.3 is 14.5 Å². The van der Waals surface area contributed by atoms with Crippen LogP contribution in [0.1, 0.15) is 48.6 Å². The molecule has 0 spiro atoms. The van der Waals surface area contributed by atoms with Crippen LogP contribution in [0, 0.1) is 5.82 Å². The average molecular weight is 997 g/mol. The normalized spacial score (nSPS) is 14.7. The molecule has 0 bridgehead atoms. The third-order valence-electron chi connectivity index (χ3n) is 15.8. The molecule has 3 heterocycles. The molecule has 10 aromatic carbocycles. The van der Waals surface area contributed by atoms with E-state index >= 15 is 4.39 Å². The van der Waals surface area contributed by atoms with Gasteiger partial charge in [-0.25, -0.2) is 9.37 Å². The Hall–Kier alpha value is -9.52. The Bertz CT molecular complexity index is 4180. The Morgan fingerprint density at radius 2 is 1.09 bits per heavy atom. The van der Waals surface area contributed by atoms with Crippen LogP contribution < -0.4 is 14.5 Å². The molecule has 1 aliphatic carbocycles. The molecular formula is C71H53FN4O. The Kier molecular flexibility index (Phi) is 10.8. The molecular weight excluding hydrogens is 944 g/mol.